The van der Waals surface area contributed by atoms with Gasteiger partial charge in [-0.2, -0.15) is 0 Å². The number of likely N-dealkylation sites (tertiary alicyclic amines) is 1. The van der Waals surface area contributed by atoms with Gasteiger partial charge in [-0.3, -0.25) is 9.59 Å². The normalized spacial score (nSPS) is 17.0. The van der Waals surface area contributed by atoms with Crippen LogP contribution in [0, 0.1) is 0 Å². The van der Waals surface area contributed by atoms with Crippen LogP contribution in [0.4, 0.5) is 0 Å². The van der Waals surface area contributed by atoms with Crippen LogP contribution in [0.5, 0.6) is 5.75 Å². The number of nitrogens with zero attached hydrogens (tertiary/aromatic N) is 2. The molecule has 1 aliphatic heterocycles. The zero-order valence-corrected chi connectivity index (χ0v) is 21.4. The van der Waals surface area contributed by atoms with Crippen molar-refractivity contribution in [3.8, 4) is 16.9 Å². The topological polar surface area (TPSA) is 111 Å². The predicted octanol–water partition coefficient (Wildman–Crippen LogP) is 4.43. The van der Waals surface area contributed by atoms with E-state index >= 15 is 0 Å². The summed E-state index contributed by atoms with van der Waals surface area (Å²) in [4.78, 5) is 32.8. The van der Waals surface area contributed by atoms with Crippen LogP contribution in [-0.4, -0.2) is 58.9 Å². The molecule has 3 N–H and O–H groups in total. The van der Waals surface area contributed by atoms with Crippen LogP contribution in [-0.2, 0) is 9.63 Å². The molecular formula is C27H25Cl2N3O5. The predicted molar refractivity (Wildman–Crippen MR) is 142 cm³/mol. The van der Waals surface area contributed by atoms with E-state index in [4.69, 9.17) is 28.0 Å². The summed E-state index contributed by atoms with van der Waals surface area (Å²) in [5.74, 6) is -0.792. The number of carbonyl (C=O) groups excluding carboxylic acids is 2. The van der Waals surface area contributed by atoms with Crippen molar-refractivity contribution >= 4 is 40.7 Å². The van der Waals surface area contributed by atoms with Gasteiger partial charge >= 0.3 is 0 Å². The van der Waals surface area contributed by atoms with Crippen molar-refractivity contribution in [1.82, 2.24) is 10.2 Å². The van der Waals surface area contributed by atoms with Crippen molar-refractivity contribution in [2.75, 3.05) is 20.2 Å². The lowest BCUT2D eigenvalue weighted by atomic mass is 10.0. The second-order valence-electron chi connectivity index (χ2n) is 8.55. The Bertz CT molecular complexity index is 1310. The van der Waals surface area contributed by atoms with Gasteiger partial charge in [0.15, 0.2) is 0 Å². The van der Waals surface area contributed by atoms with E-state index in [-0.39, 0.29) is 35.8 Å². The highest BCUT2D eigenvalue weighted by molar-refractivity contribution is 6.34. The summed E-state index contributed by atoms with van der Waals surface area (Å²) < 4.78 is 0. The Kier molecular flexibility index (Phi) is 8.33. The van der Waals surface area contributed by atoms with E-state index in [9.17, 15) is 19.8 Å². The first-order valence-electron chi connectivity index (χ1n) is 11.5. The Morgan fingerprint density at radius 1 is 1.08 bits per heavy atom. The summed E-state index contributed by atoms with van der Waals surface area (Å²) in [5.41, 5.74) is 3.03. The maximum atomic E-state index is 13.5. The third-order valence-electron chi connectivity index (χ3n) is 6.07. The Morgan fingerprint density at radius 2 is 1.76 bits per heavy atom. The van der Waals surface area contributed by atoms with Crippen LogP contribution in [0.1, 0.15) is 28.4 Å². The molecule has 0 bridgehead atoms. The van der Waals surface area contributed by atoms with Gasteiger partial charge in [0.1, 0.15) is 18.9 Å². The van der Waals surface area contributed by atoms with Gasteiger partial charge in [-0.1, -0.05) is 58.7 Å². The van der Waals surface area contributed by atoms with Crippen LogP contribution in [0.15, 0.2) is 71.9 Å². The summed E-state index contributed by atoms with van der Waals surface area (Å²) >= 11 is 12.5. The van der Waals surface area contributed by atoms with Crippen molar-refractivity contribution in [3.05, 3.63) is 87.9 Å². The number of hydrogen-bond acceptors (Lipinski definition) is 6. The molecule has 10 heteroatoms. The molecule has 0 aromatic heterocycles. The van der Waals surface area contributed by atoms with Gasteiger partial charge in [0.05, 0.1) is 28.9 Å². The molecule has 4 rings (SSSR count). The molecule has 3 aromatic carbocycles. The van der Waals surface area contributed by atoms with Crippen molar-refractivity contribution in [1.29, 1.82) is 0 Å². The Labute approximate surface area is 224 Å². The first-order chi connectivity index (χ1) is 17.8. The first-order valence-corrected chi connectivity index (χ1v) is 12.2. The summed E-state index contributed by atoms with van der Waals surface area (Å²) in [6.07, 6.45) is -0.807. The molecule has 0 saturated carbocycles. The van der Waals surface area contributed by atoms with E-state index in [1.807, 2.05) is 12.1 Å². The number of nitrogens with one attached hydrogen (secondary N) is 1. The SMILES string of the molecule is CON=C1C[C@@H](C(=O)NCC(O)c2ccc(O)cc2)N(C(=O)c2ccc(-c3ccc(Cl)cc3)cc2Cl)C1. The average molecular weight is 542 g/mol. The number of oxime groups is 1. The molecule has 37 heavy (non-hydrogen) atoms. The number of halogens is 2. The highest BCUT2D eigenvalue weighted by Gasteiger charge is 2.39. The van der Waals surface area contributed by atoms with Crippen LogP contribution in [0.3, 0.4) is 0 Å². The second kappa shape index (κ2) is 11.6. The molecule has 1 fully saturated rings. The van der Waals surface area contributed by atoms with Crippen molar-refractivity contribution in [3.63, 3.8) is 0 Å². The number of hydrogen-bond donors (Lipinski definition) is 3. The number of amides is 2. The lowest BCUT2D eigenvalue weighted by Crippen LogP contribution is -2.46. The van der Waals surface area contributed by atoms with Gasteiger partial charge in [0.2, 0.25) is 5.91 Å². The highest BCUT2D eigenvalue weighted by atomic mass is 35.5. The van der Waals surface area contributed by atoms with E-state index in [1.165, 1.54) is 24.1 Å². The zero-order chi connectivity index (χ0) is 26.5. The van der Waals surface area contributed by atoms with Gasteiger partial charge in [-0.15, -0.1) is 0 Å². The third-order valence-corrected chi connectivity index (χ3v) is 6.63. The summed E-state index contributed by atoms with van der Waals surface area (Å²) in [7, 11) is 1.40. The van der Waals surface area contributed by atoms with E-state index in [0.717, 1.165) is 11.1 Å². The van der Waals surface area contributed by atoms with E-state index in [1.54, 1.807) is 42.5 Å². The van der Waals surface area contributed by atoms with Crippen LogP contribution < -0.4 is 5.32 Å². The van der Waals surface area contributed by atoms with Gasteiger partial charge in [0, 0.05) is 18.0 Å². The van der Waals surface area contributed by atoms with E-state index < -0.39 is 24.0 Å². The van der Waals surface area contributed by atoms with Crippen molar-refractivity contribution in [2.24, 2.45) is 5.16 Å². The molecule has 1 aliphatic rings. The fourth-order valence-corrected chi connectivity index (χ4v) is 4.53. The number of aliphatic hydroxyl groups is 1. The number of aliphatic hydroxyl groups excluding tert-OH is 1. The highest BCUT2D eigenvalue weighted by Crippen LogP contribution is 2.29. The molecule has 2 amide bonds. The van der Waals surface area contributed by atoms with E-state index in [0.29, 0.717) is 16.3 Å². The maximum absolute atomic E-state index is 13.5. The monoisotopic (exact) mass is 541 g/mol. The van der Waals surface area contributed by atoms with Crippen molar-refractivity contribution in [2.45, 2.75) is 18.6 Å². The summed E-state index contributed by atoms with van der Waals surface area (Å²) in [6.45, 7) is 0.0238. The molecule has 1 heterocycles. The molecule has 0 aliphatic carbocycles. The standard InChI is InChI=1S/C27H25Cl2N3O5/c1-37-31-20-13-24(26(35)30-14-25(34)17-4-9-21(33)10-5-17)32(15-20)27(36)22-11-6-18(12-23(22)29)16-2-7-19(28)8-3-16/h2-12,24-25,33-34H,13-15H2,1H3,(H,30,35)/t24-,25?/m0/s1. The molecule has 1 saturated heterocycles. The van der Waals surface area contributed by atoms with E-state index in [2.05, 4.69) is 10.5 Å². The summed E-state index contributed by atoms with van der Waals surface area (Å²) in [6, 6.07) is 17.5. The molecule has 192 valence electrons. The van der Waals surface area contributed by atoms with Crippen molar-refractivity contribution < 1.29 is 24.6 Å². The van der Waals surface area contributed by atoms with Crippen LogP contribution >= 0.6 is 23.2 Å². The number of rotatable bonds is 7. The quantitative estimate of drug-likeness (QED) is 0.383. The lowest BCUT2D eigenvalue weighted by molar-refractivity contribution is -0.125. The number of carbonyl (C=O) groups is 2. The minimum atomic E-state index is -0.989. The van der Waals surface area contributed by atoms with Gasteiger partial charge in [-0.05, 0) is 53.1 Å². The second-order valence-corrected chi connectivity index (χ2v) is 9.39. The fraction of sp³-hybridized carbons (Fsp3) is 0.222. The smallest absolute Gasteiger partial charge is 0.256 e. The first kappa shape index (κ1) is 26.5. The average Bonchev–Trinajstić information content (AvgIpc) is 3.32. The van der Waals surface area contributed by atoms with Gasteiger partial charge in [0.25, 0.3) is 5.91 Å². The Balaban J connectivity index is 1.50. The zero-order valence-electron chi connectivity index (χ0n) is 19.9. The number of phenolic OH excluding ortho intramolecular Hbond substituents is 1. The lowest BCUT2D eigenvalue weighted by Gasteiger charge is -2.24. The minimum absolute atomic E-state index is 0.0740. The summed E-state index contributed by atoms with van der Waals surface area (Å²) in [5, 5.41) is 27.3. The van der Waals surface area contributed by atoms with Crippen LogP contribution in [0.2, 0.25) is 10.0 Å². The largest absolute Gasteiger partial charge is 0.508 e. The Hall–Kier alpha value is -3.59. The third kappa shape index (κ3) is 6.22. The fourth-order valence-electron chi connectivity index (χ4n) is 4.14. The minimum Gasteiger partial charge on any atom is -0.508 e. The molecular weight excluding hydrogens is 517 g/mol. The molecule has 8 nitrogen and oxygen atoms in total. The number of benzene rings is 3. The number of aromatic hydroxyl groups is 1. The van der Waals surface area contributed by atoms with Gasteiger partial charge in [-0.25, -0.2) is 0 Å². The van der Waals surface area contributed by atoms with Gasteiger partial charge < -0.3 is 25.3 Å². The maximum Gasteiger partial charge on any atom is 0.256 e. The number of phenols is 1. The van der Waals surface area contributed by atoms with Crippen LogP contribution in [0.25, 0.3) is 11.1 Å². The molecule has 0 spiro atoms. The molecule has 0 radical (unpaired) electrons. The molecule has 2 atom stereocenters. The molecule has 3 aromatic rings. The Morgan fingerprint density at radius 3 is 2.41 bits per heavy atom. The molecule has 1 unspecified atom stereocenters.